The number of nitrogens with zero attached hydrogens (tertiary/aromatic N) is 5. The lowest BCUT2D eigenvalue weighted by atomic mass is 9.84. The van der Waals surface area contributed by atoms with Gasteiger partial charge in [0.25, 0.3) is 0 Å². The molecule has 0 aliphatic heterocycles. The summed E-state index contributed by atoms with van der Waals surface area (Å²) in [6.45, 7) is 7.93. The molecular formula is C28H32N8O. The van der Waals surface area contributed by atoms with E-state index in [0.717, 1.165) is 24.8 Å². The average Bonchev–Trinajstić information content (AvgIpc) is 3.48. The van der Waals surface area contributed by atoms with Crippen molar-refractivity contribution < 1.29 is 4.79 Å². The van der Waals surface area contributed by atoms with Crippen molar-refractivity contribution >= 4 is 23.4 Å². The highest BCUT2D eigenvalue weighted by molar-refractivity contribution is 5.84. The standard InChI is InChI=1S/C28H32N8O/c1-30-23-12-10-22(11-13-23)20-32-27(37)24(18-21-8-3-2-4-9-21)33-25-19-26(36-16-5-6-17-36)35-28(34-25)31-15-7-14-29/h5-6,10-13,16-17,19,21,24H,2-4,7-9,15,18,20H2,(H,32,37)(H2,31,33,34,35). The van der Waals surface area contributed by atoms with Gasteiger partial charge in [-0.1, -0.05) is 56.4 Å². The molecule has 9 nitrogen and oxygen atoms in total. The van der Waals surface area contributed by atoms with E-state index >= 15 is 0 Å². The second kappa shape index (κ2) is 13.1. The van der Waals surface area contributed by atoms with E-state index in [1.54, 1.807) is 12.1 Å². The molecule has 2 aromatic heterocycles. The maximum Gasteiger partial charge on any atom is 0.242 e. The van der Waals surface area contributed by atoms with Gasteiger partial charge in [0.2, 0.25) is 11.9 Å². The van der Waals surface area contributed by atoms with Gasteiger partial charge in [0, 0.05) is 31.5 Å². The van der Waals surface area contributed by atoms with Crippen molar-refractivity contribution in [2.75, 3.05) is 17.2 Å². The third-order valence-electron chi connectivity index (χ3n) is 6.57. The lowest BCUT2D eigenvalue weighted by Crippen LogP contribution is -2.41. The second-order valence-electron chi connectivity index (χ2n) is 9.29. The number of anilines is 2. The Morgan fingerprint density at radius 2 is 1.92 bits per heavy atom. The van der Waals surface area contributed by atoms with Crippen LogP contribution >= 0.6 is 0 Å². The zero-order valence-electron chi connectivity index (χ0n) is 20.9. The molecule has 1 aliphatic carbocycles. The summed E-state index contributed by atoms with van der Waals surface area (Å²) in [7, 11) is 0. The average molecular weight is 497 g/mol. The largest absolute Gasteiger partial charge is 0.358 e. The fourth-order valence-corrected chi connectivity index (χ4v) is 4.60. The Hall–Kier alpha value is -4.37. The van der Waals surface area contributed by atoms with Crippen LogP contribution in [0.25, 0.3) is 10.7 Å². The number of hydrogen-bond acceptors (Lipinski definition) is 6. The number of benzene rings is 1. The van der Waals surface area contributed by atoms with E-state index in [1.807, 2.05) is 47.3 Å². The molecule has 3 N–H and O–H groups in total. The highest BCUT2D eigenvalue weighted by atomic mass is 16.2. The van der Waals surface area contributed by atoms with Gasteiger partial charge in [-0.25, -0.2) is 4.85 Å². The number of aromatic nitrogens is 3. The summed E-state index contributed by atoms with van der Waals surface area (Å²) >= 11 is 0. The Morgan fingerprint density at radius 1 is 1.16 bits per heavy atom. The topological polar surface area (TPSA) is 112 Å². The Morgan fingerprint density at radius 3 is 2.62 bits per heavy atom. The molecule has 1 amide bonds. The molecule has 3 aromatic rings. The van der Waals surface area contributed by atoms with Crippen molar-refractivity contribution in [3.63, 3.8) is 0 Å². The van der Waals surface area contributed by atoms with E-state index in [4.69, 9.17) is 11.8 Å². The molecule has 4 rings (SSSR count). The van der Waals surface area contributed by atoms with Gasteiger partial charge in [0.1, 0.15) is 17.7 Å². The minimum atomic E-state index is -0.454. The van der Waals surface area contributed by atoms with Gasteiger partial charge in [-0.3, -0.25) is 4.79 Å². The van der Waals surface area contributed by atoms with Gasteiger partial charge in [0.05, 0.1) is 19.1 Å². The molecule has 190 valence electrons. The molecule has 0 spiro atoms. The van der Waals surface area contributed by atoms with Crippen LogP contribution in [0.5, 0.6) is 0 Å². The lowest BCUT2D eigenvalue weighted by molar-refractivity contribution is -0.122. The molecule has 1 aliphatic rings. The Bertz CT molecular complexity index is 1230. The fraction of sp³-hybridized carbons (Fsp3) is 0.393. The van der Waals surface area contributed by atoms with Gasteiger partial charge in [-0.05, 0) is 30.0 Å². The monoisotopic (exact) mass is 496 g/mol. The number of amides is 1. The van der Waals surface area contributed by atoms with Crippen LogP contribution < -0.4 is 16.0 Å². The summed E-state index contributed by atoms with van der Waals surface area (Å²) in [5.74, 6) is 2.02. The van der Waals surface area contributed by atoms with Crippen LogP contribution in [-0.2, 0) is 11.3 Å². The van der Waals surface area contributed by atoms with E-state index in [1.165, 1.54) is 19.3 Å². The van der Waals surface area contributed by atoms with E-state index < -0.39 is 6.04 Å². The van der Waals surface area contributed by atoms with Gasteiger partial charge in [-0.15, -0.1) is 0 Å². The summed E-state index contributed by atoms with van der Waals surface area (Å²) in [6.07, 6.45) is 10.8. The first-order valence-electron chi connectivity index (χ1n) is 12.8. The molecule has 0 saturated heterocycles. The maximum atomic E-state index is 13.4. The van der Waals surface area contributed by atoms with Crippen LogP contribution in [-0.4, -0.2) is 33.0 Å². The quantitative estimate of drug-likeness (QED) is 0.248. The number of carbonyl (C=O) groups is 1. The van der Waals surface area contributed by atoms with Gasteiger partial charge >= 0.3 is 0 Å². The summed E-state index contributed by atoms with van der Waals surface area (Å²) in [4.78, 5) is 26.0. The third kappa shape index (κ3) is 7.55. The Kier molecular flexibility index (Phi) is 9.09. The minimum absolute atomic E-state index is 0.0834. The molecule has 1 atom stereocenters. The van der Waals surface area contributed by atoms with Crippen molar-refractivity contribution in [1.82, 2.24) is 19.9 Å². The predicted molar refractivity (Wildman–Crippen MR) is 143 cm³/mol. The SMILES string of the molecule is [C-]#[N+]c1ccc(CNC(=O)C(CC2CCCCC2)Nc2cc(-n3cccc3)nc(NCCC#N)n2)cc1. The van der Waals surface area contributed by atoms with Gasteiger partial charge < -0.3 is 20.5 Å². The molecule has 2 heterocycles. The first kappa shape index (κ1) is 25.7. The number of carbonyl (C=O) groups excluding carboxylic acids is 1. The van der Waals surface area contributed by atoms with E-state index in [2.05, 4.69) is 36.8 Å². The molecule has 0 bridgehead atoms. The Labute approximate surface area is 217 Å². The summed E-state index contributed by atoms with van der Waals surface area (Å²) < 4.78 is 1.88. The maximum absolute atomic E-state index is 13.4. The zero-order valence-corrected chi connectivity index (χ0v) is 20.9. The number of rotatable bonds is 11. The molecular weight excluding hydrogens is 464 g/mol. The Balaban J connectivity index is 1.53. The molecule has 1 unspecified atom stereocenters. The fourth-order valence-electron chi connectivity index (χ4n) is 4.60. The summed E-state index contributed by atoms with van der Waals surface area (Å²) in [6, 6.07) is 14.6. The molecule has 0 radical (unpaired) electrons. The third-order valence-corrected chi connectivity index (χ3v) is 6.57. The van der Waals surface area contributed by atoms with Crippen molar-refractivity contribution in [1.29, 1.82) is 5.26 Å². The molecule has 37 heavy (non-hydrogen) atoms. The minimum Gasteiger partial charge on any atom is -0.358 e. The lowest BCUT2D eigenvalue weighted by Gasteiger charge is -2.27. The highest BCUT2D eigenvalue weighted by Gasteiger charge is 2.25. The predicted octanol–water partition coefficient (Wildman–Crippen LogP) is 5.21. The first-order chi connectivity index (χ1) is 18.1. The van der Waals surface area contributed by atoms with Crippen molar-refractivity contribution in [3.05, 3.63) is 71.8 Å². The van der Waals surface area contributed by atoms with Crippen molar-refractivity contribution in [2.24, 2.45) is 5.92 Å². The van der Waals surface area contributed by atoms with Crippen LogP contribution in [0.3, 0.4) is 0 Å². The van der Waals surface area contributed by atoms with E-state index in [0.29, 0.717) is 48.7 Å². The van der Waals surface area contributed by atoms with Crippen molar-refractivity contribution in [3.8, 4) is 11.9 Å². The van der Waals surface area contributed by atoms with E-state index in [-0.39, 0.29) is 5.91 Å². The second-order valence-corrected chi connectivity index (χ2v) is 9.29. The van der Waals surface area contributed by atoms with Gasteiger partial charge in [-0.2, -0.15) is 15.2 Å². The van der Waals surface area contributed by atoms with Gasteiger partial charge in [0.15, 0.2) is 5.69 Å². The molecule has 9 heteroatoms. The summed E-state index contributed by atoms with van der Waals surface area (Å²) in [5.41, 5.74) is 1.52. The van der Waals surface area contributed by atoms with Crippen molar-refractivity contribution in [2.45, 2.75) is 57.5 Å². The normalized spacial score (nSPS) is 14.2. The molecule has 1 saturated carbocycles. The van der Waals surface area contributed by atoms with Crippen LogP contribution in [0.15, 0.2) is 54.9 Å². The van der Waals surface area contributed by atoms with E-state index in [9.17, 15) is 4.79 Å². The van der Waals surface area contributed by atoms with Crippen LogP contribution in [0.4, 0.5) is 17.5 Å². The van der Waals surface area contributed by atoms with Crippen LogP contribution in [0.2, 0.25) is 0 Å². The zero-order chi connectivity index (χ0) is 25.9. The molecule has 1 aromatic carbocycles. The first-order valence-corrected chi connectivity index (χ1v) is 12.8. The number of nitriles is 1. The molecule has 1 fully saturated rings. The summed E-state index contributed by atoms with van der Waals surface area (Å²) in [5, 5.41) is 18.5. The van der Waals surface area contributed by atoms with Crippen LogP contribution in [0.1, 0.15) is 50.5 Å². The van der Waals surface area contributed by atoms with Crippen LogP contribution in [0, 0.1) is 23.8 Å². The number of nitrogens with one attached hydrogen (secondary N) is 3. The number of hydrogen-bond donors (Lipinski definition) is 3. The smallest absolute Gasteiger partial charge is 0.242 e. The highest BCUT2D eigenvalue weighted by Crippen LogP contribution is 2.28.